The quantitative estimate of drug-likeness (QED) is 0.216. The third kappa shape index (κ3) is 5.48. The van der Waals surface area contributed by atoms with Crippen LogP contribution in [0.4, 0.5) is 13.2 Å². The molecule has 0 radical (unpaired) electrons. The summed E-state index contributed by atoms with van der Waals surface area (Å²) in [5, 5.41) is 0. The van der Waals surface area contributed by atoms with Gasteiger partial charge in [0.05, 0.1) is 11.8 Å². The fourth-order valence-electron chi connectivity index (χ4n) is 4.05. The molecular weight excluding hydrogens is 440 g/mol. The Kier molecular flexibility index (Phi) is 6.52. The maximum absolute atomic E-state index is 13.1. The molecular formula is C19H20BF3O7S. The van der Waals surface area contributed by atoms with Gasteiger partial charge in [0.2, 0.25) is 6.10 Å². The highest BCUT2D eigenvalue weighted by atomic mass is 32.2. The Morgan fingerprint density at radius 1 is 1.10 bits per heavy atom. The molecule has 1 N–H and O–H groups in total. The van der Waals surface area contributed by atoms with Gasteiger partial charge in [-0.3, -0.25) is 14.1 Å². The van der Waals surface area contributed by atoms with Crippen molar-refractivity contribution in [2.45, 2.75) is 25.0 Å². The first-order valence-corrected chi connectivity index (χ1v) is 11.2. The van der Waals surface area contributed by atoms with Gasteiger partial charge in [0, 0.05) is 0 Å². The summed E-state index contributed by atoms with van der Waals surface area (Å²) in [5.74, 6) is -6.96. The van der Waals surface area contributed by atoms with E-state index in [1.807, 2.05) is 7.85 Å². The van der Waals surface area contributed by atoms with E-state index in [0.29, 0.717) is 6.42 Å². The summed E-state index contributed by atoms with van der Waals surface area (Å²) in [6.45, 7) is 0. The lowest BCUT2D eigenvalue weighted by Crippen LogP contribution is -2.43. The van der Waals surface area contributed by atoms with E-state index in [9.17, 15) is 31.2 Å². The minimum atomic E-state index is -5.21. The first kappa shape index (κ1) is 23.3. The number of benzene rings is 1. The molecule has 1 saturated carbocycles. The first-order chi connectivity index (χ1) is 14.4. The zero-order valence-electron chi connectivity index (χ0n) is 16.4. The predicted molar refractivity (Wildman–Crippen MR) is 104 cm³/mol. The molecule has 0 aliphatic heterocycles. The van der Waals surface area contributed by atoms with Gasteiger partial charge in [-0.2, -0.15) is 21.6 Å². The molecule has 2 bridgehead atoms. The van der Waals surface area contributed by atoms with Crippen LogP contribution in [0.2, 0.25) is 0 Å². The molecule has 168 valence electrons. The molecule has 1 aromatic carbocycles. The maximum Gasteiger partial charge on any atom is 0.426 e. The Hall–Kier alpha value is -2.34. The Morgan fingerprint density at radius 2 is 1.65 bits per heavy atom. The third-order valence-electron chi connectivity index (χ3n) is 5.54. The molecule has 3 rings (SSSR count). The number of halogens is 3. The van der Waals surface area contributed by atoms with E-state index >= 15 is 0 Å². The summed E-state index contributed by atoms with van der Waals surface area (Å²) in [5.41, 5.74) is 1.01. The number of carbonyl (C=O) groups is 2. The summed E-state index contributed by atoms with van der Waals surface area (Å²) in [4.78, 5) is 25.4. The van der Waals surface area contributed by atoms with Crippen LogP contribution in [0.15, 0.2) is 36.4 Å². The predicted octanol–water partition coefficient (Wildman–Crippen LogP) is 1.53. The Labute approximate surface area is 177 Å². The van der Waals surface area contributed by atoms with Crippen LogP contribution in [-0.4, -0.2) is 50.8 Å². The highest BCUT2D eigenvalue weighted by Gasteiger charge is 2.55. The number of hydrogen-bond acceptors (Lipinski definition) is 6. The summed E-state index contributed by atoms with van der Waals surface area (Å²) >= 11 is 0. The number of carbonyl (C=O) groups excluding carboxylic acids is 2. The van der Waals surface area contributed by atoms with E-state index in [2.05, 4.69) is 4.74 Å². The molecule has 2 aliphatic rings. The molecule has 0 saturated heterocycles. The molecule has 1 aromatic rings. The molecule has 5 atom stereocenters. The zero-order valence-corrected chi connectivity index (χ0v) is 17.2. The maximum atomic E-state index is 13.1. The number of rotatable bonds is 7. The summed E-state index contributed by atoms with van der Waals surface area (Å²) < 4.78 is 79.8. The fourth-order valence-corrected chi connectivity index (χ4v) is 4.69. The Balaban J connectivity index is 1.77. The minimum absolute atomic E-state index is 0.237. The number of fused-ring (bicyclic) bond motifs is 2. The average Bonchev–Trinajstić information content (AvgIpc) is 3.27. The van der Waals surface area contributed by atoms with Gasteiger partial charge < -0.3 is 9.47 Å². The second-order valence-electron chi connectivity index (χ2n) is 7.63. The molecule has 2 aliphatic carbocycles. The van der Waals surface area contributed by atoms with Crippen molar-refractivity contribution in [3.05, 3.63) is 42.0 Å². The van der Waals surface area contributed by atoms with Crippen molar-refractivity contribution >= 4 is 29.9 Å². The highest BCUT2D eigenvalue weighted by Crippen LogP contribution is 2.49. The van der Waals surface area contributed by atoms with Gasteiger partial charge in [0.25, 0.3) is 10.1 Å². The number of alkyl halides is 3. The van der Waals surface area contributed by atoms with Crippen LogP contribution in [0.5, 0.6) is 5.75 Å². The second-order valence-corrected chi connectivity index (χ2v) is 9.13. The SMILES string of the molecule is BCc1ccc(OC(=O)C2C3C=CC(C3)C2C(=O)OC(CS(=O)(=O)O)C(F)(F)F)cc1. The number of ether oxygens (including phenoxy) is 2. The van der Waals surface area contributed by atoms with E-state index in [0.717, 1.165) is 11.9 Å². The molecule has 0 heterocycles. The van der Waals surface area contributed by atoms with Crippen LogP contribution < -0.4 is 4.74 Å². The van der Waals surface area contributed by atoms with Gasteiger partial charge >= 0.3 is 18.1 Å². The van der Waals surface area contributed by atoms with Crippen LogP contribution >= 0.6 is 0 Å². The monoisotopic (exact) mass is 460 g/mol. The number of hydrogen-bond donors (Lipinski definition) is 1. The van der Waals surface area contributed by atoms with E-state index in [1.54, 1.807) is 36.4 Å². The summed E-state index contributed by atoms with van der Waals surface area (Å²) in [7, 11) is -3.11. The summed E-state index contributed by atoms with van der Waals surface area (Å²) in [6, 6.07) is 6.69. The van der Waals surface area contributed by atoms with E-state index in [-0.39, 0.29) is 5.75 Å². The van der Waals surface area contributed by atoms with Crippen molar-refractivity contribution in [1.29, 1.82) is 0 Å². The summed E-state index contributed by atoms with van der Waals surface area (Å²) in [6.07, 6.45) is -3.78. The van der Waals surface area contributed by atoms with Gasteiger partial charge in [-0.15, -0.1) is 0 Å². The minimum Gasteiger partial charge on any atom is -0.451 e. The molecule has 5 unspecified atom stereocenters. The van der Waals surface area contributed by atoms with Crippen LogP contribution in [-0.2, 0) is 30.8 Å². The van der Waals surface area contributed by atoms with Crippen LogP contribution in [0.25, 0.3) is 0 Å². The third-order valence-corrected chi connectivity index (χ3v) is 6.26. The van der Waals surface area contributed by atoms with E-state index < -0.39 is 63.8 Å². The second kappa shape index (κ2) is 8.66. The topological polar surface area (TPSA) is 107 Å². The smallest absolute Gasteiger partial charge is 0.426 e. The van der Waals surface area contributed by atoms with Gasteiger partial charge in [0.1, 0.15) is 19.3 Å². The lowest BCUT2D eigenvalue weighted by Gasteiger charge is -2.27. The molecule has 0 aromatic heterocycles. The molecule has 12 heteroatoms. The highest BCUT2D eigenvalue weighted by molar-refractivity contribution is 7.85. The first-order valence-electron chi connectivity index (χ1n) is 9.60. The normalized spacial score (nSPS) is 25.9. The fraction of sp³-hybridized carbons (Fsp3) is 0.474. The van der Waals surface area contributed by atoms with Crippen LogP contribution in [0.3, 0.4) is 0 Å². The van der Waals surface area contributed by atoms with E-state index in [4.69, 9.17) is 9.29 Å². The molecule has 31 heavy (non-hydrogen) atoms. The van der Waals surface area contributed by atoms with Crippen LogP contribution in [0, 0.1) is 23.7 Å². The zero-order chi connectivity index (χ0) is 23.0. The van der Waals surface area contributed by atoms with Gasteiger partial charge in [-0.1, -0.05) is 36.2 Å². The lowest BCUT2D eigenvalue weighted by atomic mass is 9.83. The van der Waals surface area contributed by atoms with Gasteiger partial charge in [0.15, 0.2) is 0 Å². The molecule has 0 spiro atoms. The van der Waals surface area contributed by atoms with Crippen molar-refractivity contribution < 1.29 is 45.2 Å². The van der Waals surface area contributed by atoms with E-state index in [1.165, 1.54) is 0 Å². The molecule has 1 fully saturated rings. The van der Waals surface area contributed by atoms with Crippen LogP contribution in [0.1, 0.15) is 12.0 Å². The average molecular weight is 460 g/mol. The largest absolute Gasteiger partial charge is 0.451 e. The lowest BCUT2D eigenvalue weighted by molar-refractivity contribution is -0.218. The van der Waals surface area contributed by atoms with Crippen molar-refractivity contribution in [3.63, 3.8) is 0 Å². The Bertz CT molecular complexity index is 975. The van der Waals surface area contributed by atoms with Crippen molar-refractivity contribution in [2.75, 3.05) is 5.75 Å². The standard InChI is InChI=1S/C19H20BF3O7S/c20-8-10-1-5-13(6-2-10)29-17(24)15-11-3-4-12(7-11)16(15)18(25)30-14(19(21,22)23)9-31(26,27)28/h1-6,11-12,14-16H,7-9,20H2,(H,26,27,28). The number of allylic oxidation sites excluding steroid dienone is 2. The van der Waals surface area contributed by atoms with Crippen molar-refractivity contribution in [3.8, 4) is 5.75 Å². The van der Waals surface area contributed by atoms with Crippen molar-refractivity contribution in [1.82, 2.24) is 0 Å². The van der Waals surface area contributed by atoms with Gasteiger partial charge in [-0.25, -0.2) is 0 Å². The molecule has 0 amide bonds. The number of esters is 2. The Morgan fingerprint density at radius 3 is 2.13 bits per heavy atom. The van der Waals surface area contributed by atoms with Crippen molar-refractivity contribution in [2.24, 2.45) is 23.7 Å². The van der Waals surface area contributed by atoms with Gasteiger partial charge in [-0.05, 0) is 30.4 Å². The molecule has 7 nitrogen and oxygen atoms in total.